The summed E-state index contributed by atoms with van der Waals surface area (Å²) in [7, 11) is 0. The molecule has 4 heteroatoms. The van der Waals surface area contributed by atoms with Gasteiger partial charge in [0.05, 0.1) is 6.54 Å². The average Bonchev–Trinajstić information content (AvgIpc) is 2.39. The number of amides is 1. The molecule has 0 fully saturated rings. The van der Waals surface area contributed by atoms with Crippen molar-refractivity contribution in [1.82, 2.24) is 5.32 Å². The first kappa shape index (κ1) is 20.5. The van der Waals surface area contributed by atoms with Crippen LogP contribution in [0.15, 0.2) is 0 Å². The lowest BCUT2D eigenvalue weighted by Gasteiger charge is -2.04. The van der Waals surface area contributed by atoms with Crippen LogP contribution in [-0.2, 0) is 0 Å². The van der Waals surface area contributed by atoms with E-state index in [1.807, 2.05) is 0 Å². The van der Waals surface area contributed by atoms with Crippen LogP contribution in [0.1, 0.15) is 78.1 Å². The van der Waals surface area contributed by atoms with Gasteiger partial charge in [-0.2, -0.15) is 0 Å². The van der Waals surface area contributed by atoms with Gasteiger partial charge in [-0.05, 0) is 19.3 Å². The molecule has 0 aromatic rings. The van der Waals surface area contributed by atoms with Crippen molar-refractivity contribution in [3.63, 3.8) is 0 Å². The normalized spacial score (nSPS) is 9.63. The molecule has 0 aliphatic heterocycles. The van der Waals surface area contributed by atoms with Crippen LogP contribution in [-0.4, -0.2) is 19.2 Å². The van der Waals surface area contributed by atoms with E-state index in [-0.39, 0.29) is 0 Å². The van der Waals surface area contributed by atoms with Crippen LogP contribution in [0.3, 0.4) is 0 Å². The Labute approximate surface area is 119 Å². The Kier molecular flexibility index (Phi) is 21.2. The third-order valence-corrected chi connectivity index (χ3v) is 2.90. The summed E-state index contributed by atoms with van der Waals surface area (Å²) in [4.78, 5) is 9.87. The zero-order valence-corrected chi connectivity index (χ0v) is 13.0. The van der Waals surface area contributed by atoms with Crippen molar-refractivity contribution >= 4 is 6.09 Å². The van der Waals surface area contributed by atoms with Gasteiger partial charge in [-0.1, -0.05) is 58.8 Å². The van der Waals surface area contributed by atoms with Crippen LogP contribution in [0, 0.1) is 0 Å². The number of carbonyl (C=O) groups is 1. The Morgan fingerprint density at radius 2 is 1.37 bits per heavy atom. The van der Waals surface area contributed by atoms with E-state index in [1.54, 1.807) is 0 Å². The summed E-state index contributed by atoms with van der Waals surface area (Å²) in [6.45, 7) is 6.04. The van der Waals surface area contributed by atoms with E-state index in [1.165, 1.54) is 51.4 Å². The number of unbranched alkanes of at least 4 members (excludes halogenated alkanes) is 8. The van der Waals surface area contributed by atoms with Gasteiger partial charge < -0.3 is 21.0 Å². The molecule has 19 heavy (non-hydrogen) atoms. The minimum Gasteiger partial charge on any atom is -0.530 e. The summed E-state index contributed by atoms with van der Waals surface area (Å²) >= 11 is 0. The molecule has 0 bridgehead atoms. The molecule has 116 valence electrons. The maximum absolute atomic E-state index is 9.87. The van der Waals surface area contributed by atoms with Gasteiger partial charge in [0.25, 0.3) is 0 Å². The summed E-state index contributed by atoms with van der Waals surface area (Å²) in [6.07, 6.45) is 11.4. The van der Waals surface area contributed by atoms with Crippen LogP contribution in [0.2, 0.25) is 0 Å². The Morgan fingerprint density at radius 3 is 1.79 bits per heavy atom. The molecular weight excluding hydrogens is 240 g/mol. The standard InChI is InChI=1S/C8H17NO2.C7H17N/c1-2-3-4-5-6-7-9-8(10)11;1-2-3-4-5-6-7-8/h9H,2-7H2,1H3,(H,10,11);2-8H2,1H3. The van der Waals surface area contributed by atoms with E-state index in [0.29, 0.717) is 6.54 Å². The van der Waals surface area contributed by atoms with Crippen molar-refractivity contribution in [3.8, 4) is 0 Å². The van der Waals surface area contributed by atoms with E-state index in [0.717, 1.165) is 19.4 Å². The lowest BCUT2D eigenvalue weighted by molar-refractivity contribution is -0.368. The highest BCUT2D eigenvalue weighted by atomic mass is 16.4. The molecule has 4 N–H and O–H groups in total. The SMILES string of the molecule is CCCCCCCNC(=O)[O-].CCCCCCC[NH3+]. The molecule has 0 saturated carbocycles. The minimum atomic E-state index is -1.17. The number of nitrogens with one attached hydrogen (secondary N) is 1. The monoisotopic (exact) mass is 274 g/mol. The average molecular weight is 274 g/mol. The third-order valence-electron chi connectivity index (χ3n) is 2.90. The predicted molar refractivity (Wildman–Crippen MR) is 78.7 cm³/mol. The number of carboxylic acid groups (broad SMARTS) is 1. The molecule has 0 aliphatic carbocycles. The van der Waals surface area contributed by atoms with E-state index >= 15 is 0 Å². The van der Waals surface area contributed by atoms with Crippen molar-refractivity contribution in [1.29, 1.82) is 0 Å². The number of hydrogen-bond acceptors (Lipinski definition) is 2. The van der Waals surface area contributed by atoms with Gasteiger partial charge in [0.1, 0.15) is 6.09 Å². The van der Waals surface area contributed by atoms with E-state index < -0.39 is 6.09 Å². The van der Waals surface area contributed by atoms with Gasteiger partial charge in [-0.15, -0.1) is 0 Å². The second kappa shape index (κ2) is 19.6. The van der Waals surface area contributed by atoms with E-state index in [4.69, 9.17) is 0 Å². The topological polar surface area (TPSA) is 79.8 Å². The fourth-order valence-corrected chi connectivity index (χ4v) is 1.70. The van der Waals surface area contributed by atoms with Crippen LogP contribution in [0.25, 0.3) is 0 Å². The second-order valence-electron chi connectivity index (χ2n) is 4.90. The lowest BCUT2D eigenvalue weighted by atomic mass is 10.1. The Morgan fingerprint density at radius 1 is 0.895 bits per heavy atom. The van der Waals surface area contributed by atoms with E-state index in [9.17, 15) is 9.90 Å². The maximum Gasteiger partial charge on any atom is 0.134 e. The molecule has 0 atom stereocenters. The van der Waals surface area contributed by atoms with Crippen LogP contribution >= 0.6 is 0 Å². The van der Waals surface area contributed by atoms with Crippen LogP contribution in [0.4, 0.5) is 4.79 Å². The molecule has 4 nitrogen and oxygen atoms in total. The highest BCUT2D eigenvalue weighted by Crippen LogP contribution is 2.01. The molecule has 0 spiro atoms. The van der Waals surface area contributed by atoms with Gasteiger partial charge in [-0.25, -0.2) is 0 Å². The van der Waals surface area contributed by atoms with Crippen LogP contribution < -0.4 is 16.2 Å². The third kappa shape index (κ3) is 26.7. The molecular formula is C15H34N2O2. The number of hydrogen-bond donors (Lipinski definition) is 2. The highest BCUT2D eigenvalue weighted by molar-refractivity contribution is 5.61. The zero-order chi connectivity index (χ0) is 14.8. The van der Waals surface area contributed by atoms with Gasteiger partial charge in [0, 0.05) is 6.54 Å². The van der Waals surface area contributed by atoms with Crippen molar-refractivity contribution in [3.05, 3.63) is 0 Å². The first-order valence-corrected chi connectivity index (χ1v) is 7.93. The van der Waals surface area contributed by atoms with E-state index in [2.05, 4.69) is 24.9 Å². The molecule has 0 unspecified atom stereocenters. The molecule has 0 aromatic heterocycles. The molecule has 0 rings (SSSR count). The minimum absolute atomic E-state index is 0.534. The van der Waals surface area contributed by atoms with Crippen molar-refractivity contribution in [2.24, 2.45) is 0 Å². The number of quaternary nitrogens is 1. The molecule has 0 aliphatic rings. The molecule has 0 radical (unpaired) electrons. The van der Waals surface area contributed by atoms with Gasteiger partial charge in [-0.3, -0.25) is 0 Å². The first-order valence-electron chi connectivity index (χ1n) is 7.93. The van der Waals surface area contributed by atoms with Gasteiger partial charge >= 0.3 is 0 Å². The van der Waals surface area contributed by atoms with Crippen molar-refractivity contribution in [2.75, 3.05) is 13.1 Å². The fourth-order valence-electron chi connectivity index (χ4n) is 1.70. The first-order chi connectivity index (χ1) is 9.18. The lowest BCUT2D eigenvalue weighted by Crippen LogP contribution is -2.50. The zero-order valence-electron chi connectivity index (χ0n) is 13.0. The Bertz CT molecular complexity index is 170. The predicted octanol–water partition coefficient (Wildman–Crippen LogP) is 2.09. The summed E-state index contributed by atoms with van der Waals surface area (Å²) < 4.78 is 0. The summed E-state index contributed by atoms with van der Waals surface area (Å²) in [5.41, 5.74) is 3.78. The molecule has 1 amide bonds. The Balaban J connectivity index is 0. The summed E-state index contributed by atoms with van der Waals surface area (Å²) in [5.74, 6) is 0. The number of carbonyl (C=O) groups excluding carboxylic acids is 1. The maximum atomic E-state index is 9.87. The summed E-state index contributed by atoms with van der Waals surface area (Å²) in [6, 6.07) is 0. The molecule has 0 aromatic carbocycles. The largest absolute Gasteiger partial charge is 0.530 e. The smallest absolute Gasteiger partial charge is 0.134 e. The van der Waals surface area contributed by atoms with Crippen LogP contribution in [0.5, 0.6) is 0 Å². The molecule has 0 saturated heterocycles. The molecule has 0 heterocycles. The highest BCUT2D eigenvalue weighted by Gasteiger charge is 1.88. The van der Waals surface area contributed by atoms with Crippen molar-refractivity contribution in [2.45, 2.75) is 78.1 Å². The fraction of sp³-hybridized carbons (Fsp3) is 0.933. The van der Waals surface area contributed by atoms with Gasteiger partial charge in [0.15, 0.2) is 0 Å². The second-order valence-corrected chi connectivity index (χ2v) is 4.90. The van der Waals surface area contributed by atoms with Gasteiger partial charge in [0.2, 0.25) is 0 Å². The van der Waals surface area contributed by atoms with Crippen molar-refractivity contribution < 1.29 is 15.6 Å². The number of rotatable bonds is 11. The summed E-state index contributed by atoms with van der Waals surface area (Å²) in [5, 5.41) is 12.1. The quantitative estimate of drug-likeness (QED) is 0.566. The Hall–Kier alpha value is -0.770.